The van der Waals surface area contributed by atoms with Crippen LogP contribution in [0.25, 0.3) is 0 Å². The van der Waals surface area contributed by atoms with Gasteiger partial charge in [-0.3, -0.25) is 9.59 Å². The minimum absolute atomic E-state index is 0.0435. The Labute approximate surface area is 126 Å². The smallest absolute Gasteiger partial charge is 0.242 e. The lowest BCUT2D eigenvalue weighted by Crippen LogP contribution is -2.51. The summed E-state index contributed by atoms with van der Waals surface area (Å²) in [6, 6.07) is 6.65. The second-order valence-electron chi connectivity index (χ2n) is 6.11. The first-order valence-electron chi connectivity index (χ1n) is 7.12. The van der Waals surface area contributed by atoms with Gasteiger partial charge >= 0.3 is 0 Å². The number of rotatable bonds is 5. The first kappa shape index (κ1) is 17.0. The molecule has 0 aliphatic carbocycles. The van der Waals surface area contributed by atoms with Gasteiger partial charge in [-0.05, 0) is 52.3 Å². The van der Waals surface area contributed by atoms with Gasteiger partial charge in [-0.15, -0.1) is 0 Å². The predicted molar refractivity (Wildman–Crippen MR) is 84.8 cm³/mol. The highest BCUT2D eigenvalue weighted by atomic mass is 16.2. The zero-order valence-corrected chi connectivity index (χ0v) is 13.4. The molecule has 1 atom stereocenters. The lowest BCUT2D eigenvalue weighted by molar-refractivity contribution is -0.131. The van der Waals surface area contributed by atoms with Crippen LogP contribution in [0, 0.1) is 0 Å². The van der Waals surface area contributed by atoms with Gasteiger partial charge in [0.1, 0.15) is 6.04 Å². The molecule has 1 aromatic rings. The molecular formula is C16H25N3O2. The number of amides is 2. The lowest BCUT2D eigenvalue weighted by atomic mass is 9.83. The van der Waals surface area contributed by atoms with Crippen molar-refractivity contribution in [2.24, 2.45) is 0 Å². The van der Waals surface area contributed by atoms with Gasteiger partial charge in [0, 0.05) is 11.7 Å². The summed E-state index contributed by atoms with van der Waals surface area (Å²) in [6.07, 6.45) is 0. The Bertz CT molecular complexity index is 507. The van der Waals surface area contributed by atoms with Crippen molar-refractivity contribution in [3.63, 3.8) is 0 Å². The van der Waals surface area contributed by atoms with Crippen molar-refractivity contribution in [1.82, 2.24) is 10.6 Å². The summed E-state index contributed by atoms with van der Waals surface area (Å²) in [5, 5.41) is 5.53. The first-order chi connectivity index (χ1) is 9.64. The largest absolute Gasteiger partial charge is 0.399 e. The molecule has 0 radical (unpaired) electrons. The Morgan fingerprint density at radius 2 is 1.57 bits per heavy atom. The van der Waals surface area contributed by atoms with Gasteiger partial charge < -0.3 is 16.4 Å². The first-order valence-corrected chi connectivity index (χ1v) is 7.12. The number of carbonyl (C=O) groups is 2. The van der Waals surface area contributed by atoms with E-state index >= 15 is 0 Å². The summed E-state index contributed by atoms with van der Waals surface area (Å²) in [5.41, 5.74) is 6.43. The Balaban J connectivity index is 2.77. The molecule has 5 nitrogen and oxygen atoms in total. The van der Waals surface area contributed by atoms with Crippen molar-refractivity contribution in [2.45, 2.75) is 52.1 Å². The highest BCUT2D eigenvalue weighted by molar-refractivity contribution is 5.92. The number of benzene rings is 1. The zero-order chi connectivity index (χ0) is 16.2. The second kappa shape index (κ2) is 6.61. The lowest BCUT2D eigenvalue weighted by Gasteiger charge is -2.26. The van der Waals surface area contributed by atoms with Gasteiger partial charge in [0.2, 0.25) is 11.8 Å². The molecular weight excluding hydrogens is 266 g/mol. The van der Waals surface area contributed by atoms with E-state index in [1.54, 1.807) is 19.1 Å². The van der Waals surface area contributed by atoms with Crippen LogP contribution in [0.4, 0.5) is 5.69 Å². The molecule has 21 heavy (non-hydrogen) atoms. The Kier molecular flexibility index (Phi) is 5.35. The number of anilines is 1. The van der Waals surface area contributed by atoms with Gasteiger partial charge in [-0.1, -0.05) is 12.1 Å². The van der Waals surface area contributed by atoms with E-state index in [2.05, 4.69) is 10.6 Å². The molecule has 0 bridgehead atoms. The molecule has 2 amide bonds. The molecule has 0 aromatic heterocycles. The fraction of sp³-hybridized carbons (Fsp3) is 0.500. The maximum absolute atomic E-state index is 12.4. The fourth-order valence-electron chi connectivity index (χ4n) is 1.88. The van der Waals surface area contributed by atoms with Crippen molar-refractivity contribution in [1.29, 1.82) is 0 Å². The van der Waals surface area contributed by atoms with E-state index in [1.165, 1.54) is 0 Å². The molecule has 116 valence electrons. The van der Waals surface area contributed by atoms with Gasteiger partial charge in [0.05, 0.1) is 5.41 Å². The molecule has 0 fully saturated rings. The minimum atomic E-state index is -0.736. The van der Waals surface area contributed by atoms with E-state index in [1.807, 2.05) is 39.8 Å². The Morgan fingerprint density at radius 3 is 2.05 bits per heavy atom. The minimum Gasteiger partial charge on any atom is -0.399 e. The van der Waals surface area contributed by atoms with E-state index in [4.69, 9.17) is 5.73 Å². The molecule has 1 unspecified atom stereocenters. The number of nitrogen functional groups attached to an aromatic ring is 1. The van der Waals surface area contributed by atoms with Gasteiger partial charge in [-0.25, -0.2) is 0 Å². The molecule has 1 aromatic carbocycles. The number of nitrogens with one attached hydrogen (secondary N) is 2. The number of hydrogen-bond acceptors (Lipinski definition) is 3. The van der Waals surface area contributed by atoms with Crippen molar-refractivity contribution in [3.05, 3.63) is 29.8 Å². The molecule has 0 saturated heterocycles. The highest BCUT2D eigenvalue weighted by Gasteiger charge is 2.31. The number of carbonyl (C=O) groups excluding carboxylic acids is 2. The van der Waals surface area contributed by atoms with E-state index in [-0.39, 0.29) is 17.9 Å². The summed E-state index contributed by atoms with van der Waals surface area (Å²) in [6.45, 7) is 9.08. The quantitative estimate of drug-likeness (QED) is 0.720. The molecule has 1 rings (SSSR count). The van der Waals surface area contributed by atoms with Crippen LogP contribution in [0.3, 0.4) is 0 Å². The van der Waals surface area contributed by atoms with Gasteiger partial charge in [0.25, 0.3) is 0 Å². The van der Waals surface area contributed by atoms with Crippen molar-refractivity contribution in [3.8, 4) is 0 Å². The van der Waals surface area contributed by atoms with Crippen LogP contribution in [0.15, 0.2) is 24.3 Å². The molecule has 4 N–H and O–H groups in total. The summed E-state index contributed by atoms with van der Waals surface area (Å²) in [4.78, 5) is 24.3. The van der Waals surface area contributed by atoms with Crippen LogP contribution in [0.5, 0.6) is 0 Å². The number of nitrogens with two attached hydrogens (primary N) is 1. The second-order valence-corrected chi connectivity index (χ2v) is 6.11. The van der Waals surface area contributed by atoms with Crippen molar-refractivity contribution < 1.29 is 9.59 Å². The van der Waals surface area contributed by atoms with Crippen molar-refractivity contribution in [2.75, 3.05) is 5.73 Å². The molecule has 0 aliphatic rings. The van der Waals surface area contributed by atoms with Crippen LogP contribution in [-0.4, -0.2) is 23.9 Å². The molecule has 0 spiro atoms. The average Bonchev–Trinajstić information content (AvgIpc) is 2.38. The van der Waals surface area contributed by atoms with Crippen LogP contribution in [0.1, 0.15) is 40.2 Å². The maximum atomic E-state index is 12.4. The molecule has 0 aliphatic heterocycles. The van der Waals surface area contributed by atoms with E-state index < -0.39 is 11.5 Å². The zero-order valence-electron chi connectivity index (χ0n) is 13.4. The summed E-state index contributed by atoms with van der Waals surface area (Å²) >= 11 is 0. The van der Waals surface area contributed by atoms with E-state index in [0.717, 1.165) is 5.56 Å². The van der Waals surface area contributed by atoms with Crippen LogP contribution >= 0.6 is 0 Å². The third kappa shape index (κ3) is 4.48. The molecule has 5 heteroatoms. The Morgan fingerprint density at radius 1 is 1.05 bits per heavy atom. The van der Waals surface area contributed by atoms with Gasteiger partial charge in [0.15, 0.2) is 0 Å². The standard InChI is InChI=1S/C16H25N3O2/c1-10(2)18-14(20)11(3)19-15(21)16(4,5)12-6-8-13(17)9-7-12/h6-11H,17H2,1-5H3,(H,18,20)(H,19,21). The molecule has 0 heterocycles. The highest BCUT2D eigenvalue weighted by Crippen LogP contribution is 2.24. The van der Waals surface area contributed by atoms with Crippen LogP contribution in [0.2, 0.25) is 0 Å². The molecule has 0 saturated carbocycles. The summed E-state index contributed by atoms with van der Waals surface area (Å²) in [5.74, 6) is -0.384. The SMILES string of the molecule is CC(C)NC(=O)C(C)NC(=O)C(C)(C)c1ccc(N)cc1. The predicted octanol–water partition coefficient (Wildman–Crippen LogP) is 1.58. The number of hydrogen-bond donors (Lipinski definition) is 3. The van der Waals surface area contributed by atoms with Crippen LogP contribution < -0.4 is 16.4 Å². The third-order valence-electron chi connectivity index (χ3n) is 3.37. The normalized spacial score (nSPS) is 12.9. The monoisotopic (exact) mass is 291 g/mol. The summed E-state index contributed by atoms with van der Waals surface area (Å²) in [7, 11) is 0. The maximum Gasteiger partial charge on any atom is 0.242 e. The fourth-order valence-corrected chi connectivity index (χ4v) is 1.88. The van der Waals surface area contributed by atoms with Gasteiger partial charge in [-0.2, -0.15) is 0 Å². The van der Waals surface area contributed by atoms with E-state index in [0.29, 0.717) is 5.69 Å². The van der Waals surface area contributed by atoms with E-state index in [9.17, 15) is 9.59 Å². The topological polar surface area (TPSA) is 84.2 Å². The average molecular weight is 291 g/mol. The third-order valence-corrected chi connectivity index (χ3v) is 3.37. The van der Waals surface area contributed by atoms with Crippen LogP contribution in [-0.2, 0) is 15.0 Å². The Hall–Kier alpha value is -2.04. The van der Waals surface area contributed by atoms with Crippen molar-refractivity contribution >= 4 is 17.5 Å². The summed E-state index contributed by atoms with van der Waals surface area (Å²) < 4.78 is 0.